The molecule has 1 saturated heterocycles. The summed E-state index contributed by atoms with van der Waals surface area (Å²) in [6.07, 6.45) is 3.19. The lowest BCUT2D eigenvalue weighted by molar-refractivity contribution is -0.130. The smallest absolute Gasteiger partial charge is 0.251 e. The molecule has 2 aliphatic rings. The Labute approximate surface area is 263 Å². The van der Waals surface area contributed by atoms with Gasteiger partial charge in [-0.3, -0.25) is 14.4 Å². The number of hydrogen-bond acceptors (Lipinski definition) is 8. The summed E-state index contributed by atoms with van der Waals surface area (Å²) >= 11 is 0. The summed E-state index contributed by atoms with van der Waals surface area (Å²) in [6, 6.07) is 13.3. The van der Waals surface area contributed by atoms with E-state index in [1.54, 1.807) is 4.90 Å². The Morgan fingerprint density at radius 2 is 1.62 bits per heavy atom. The van der Waals surface area contributed by atoms with Crippen LogP contribution in [0.3, 0.4) is 0 Å². The summed E-state index contributed by atoms with van der Waals surface area (Å²) in [7, 11) is 0. The van der Waals surface area contributed by atoms with Crippen LogP contribution >= 0.6 is 0 Å². The number of fused-ring (bicyclic) bond motifs is 2. The van der Waals surface area contributed by atoms with Crippen molar-refractivity contribution in [1.82, 2.24) is 41.5 Å². The number of nitrogens with one attached hydrogen (secondary N) is 4. The van der Waals surface area contributed by atoms with Gasteiger partial charge in [-0.25, -0.2) is 0 Å². The van der Waals surface area contributed by atoms with Crippen molar-refractivity contribution in [3.63, 3.8) is 0 Å². The van der Waals surface area contributed by atoms with E-state index in [2.05, 4.69) is 42.6 Å². The summed E-state index contributed by atoms with van der Waals surface area (Å²) in [5.74, 6) is 0.0435. The third kappa shape index (κ3) is 6.31. The highest BCUT2D eigenvalue weighted by Crippen LogP contribution is 2.48. The molecule has 4 N–H and O–H groups in total. The predicted octanol–water partition coefficient (Wildman–Crippen LogP) is 2.40. The normalized spacial score (nSPS) is 17.0. The second-order valence-electron chi connectivity index (χ2n) is 12.4. The average Bonchev–Trinajstić information content (AvgIpc) is 3.73. The topological polar surface area (TPSA) is 169 Å². The van der Waals surface area contributed by atoms with Gasteiger partial charge in [0.15, 0.2) is 5.82 Å². The molecule has 45 heavy (non-hydrogen) atoms. The van der Waals surface area contributed by atoms with E-state index < -0.39 is 17.0 Å². The van der Waals surface area contributed by atoms with Crippen LogP contribution in [-0.2, 0) is 23.1 Å². The summed E-state index contributed by atoms with van der Waals surface area (Å²) in [4.78, 5) is 40.6. The number of carbonyl (C=O) groups excluding carboxylic acids is 3. The number of amides is 3. The number of carbonyl (C=O) groups is 3. The van der Waals surface area contributed by atoms with Gasteiger partial charge in [-0.15, -0.1) is 10.2 Å². The zero-order valence-electron chi connectivity index (χ0n) is 26.4. The minimum absolute atomic E-state index is 0.0689. The molecule has 236 valence electrons. The molecule has 1 fully saturated rings. The number of aryl methyl sites for hydroxylation is 2. The van der Waals surface area contributed by atoms with Crippen LogP contribution in [0.25, 0.3) is 0 Å². The number of H-pyrrole nitrogens is 1. The van der Waals surface area contributed by atoms with Crippen LogP contribution in [0.5, 0.6) is 0 Å². The second-order valence-corrected chi connectivity index (χ2v) is 12.4. The van der Waals surface area contributed by atoms with Gasteiger partial charge in [0.1, 0.15) is 6.04 Å². The molecule has 0 saturated carbocycles. The van der Waals surface area contributed by atoms with Crippen molar-refractivity contribution < 1.29 is 14.4 Å². The van der Waals surface area contributed by atoms with E-state index in [0.717, 1.165) is 28.7 Å². The Morgan fingerprint density at radius 3 is 2.13 bits per heavy atom. The van der Waals surface area contributed by atoms with Crippen molar-refractivity contribution in [2.24, 2.45) is 0 Å². The fourth-order valence-corrected chi connectivity index (χ4v) is 6.85. The Hall–Kier alpha value is -4.63. The molecule has 12 nitrogen and oxygen atoms in total. The van der Waals surface area contributed by atoms with Gasteiger partial charge in [0.25, 0.3) is 11.8 Å². The fourth-order valence-electron chi connectivity index (χ4n) is 6.85. The van der Waals surface area contributed by atoms with Crippen LogP contribution < -0.4 is 16.0 Å². The van der Waals surface area contributed by atoms with E-state index in [0.29, 0.717) is 62.3 Å². The maximum atomic E-state index is 13.2. The maximum Gasteiger partial charge on any atom is 0.251 e. The SMILES string of the molecule is CCNC(=O)c1ccc2c(c1)CCc1cc(C(=O)NCC)ccc1C2(CC(C)(C)NCC(=O)N1CCC[C@H]1C#N)c1nn[nH]n1. The maximum absolute atomic E-state index is 13.2. The van der Waals surface area contributed by atoms with Crippen LogP contribution in [0, 0.1) is 11.3 Å². The molecule has 2 heterocycles. The predicted molar refractivity (Wildman–Crippen MR) is 167 cm³/mol. The molecule has 1 aliphatic carbocycles. The number of nitrogens with zero attached hydrogens (tertiary/aromatic N) is 5. The number of tetrazole rings is 1. The summed E-state index contributed by atoms with van der Waals surface area (Å²) < 4.78 is 0. The Kier molecular flexibility index (Phi) is 9.29. The van der Waals surface area contributed by atoms with Gasteiger partial charge in [-0.05, 0) is 106 Å². The van der Waals surface area contributed by atoms with Crippen LogP contribution in [0.15, 0.2) is 36.4 Å². The van der Waals surface area contributed by atoms with Gasteiger partial charge in [0.05, 0.1) is 18.0 Å². The number of rotatable bonds is 10. The van der Waals surface area contributed by atoms with Crippen LogP contribution in [-0.4, -0.2) is 81.0 Å². The first-order valence-electron chi connectivity index (χ1n) is 15.6. The monoisotopic (exact) mass is 611 g/mol. The molecule has 3 aromatic rings. The highest BCUT2D eigenvalue weighted by molar-refractivity contribution is 5.95. The molecule has 0 unspecified atom stereocenters. The number of benzene rings is 2. The van der Waals surface area contributed by atoms with E-state index in [1.807, 2.05) is 64.1 Å². The van der Waals surface area contributed by atoms with E-state index in [-0.39, 0.29) is 24.3 Å². The third-order valence-corrected chi connectivity index (χ3v) is 8.87. The summed E-state index contributed by atoms with van der Waals surface area (Å²) in [5.41, 5.74) is 3.35. The number of aromatic nitrogens is 4. The largest absolute Gasteiger partial charge is 0.352 e. The Bertz CT molecular complexity index is 1540. The van der Waals surface area contributed by atoms with Gasteiger partial charge >= 0.3 is 0 Å². The number of aromatic amines is 1. The van der Waals surface area contributed by atoms with Crippen LogP contribution in [0.4, 0.5) is 0 Å². The van der Waals surface area contributed by atoms with Crippen molar-refractivity contribution in [2.45, 2.75) is 76.8 Å². The second kappa shape index (κ2) is 13.2. The zero-order chi connectivity index (χ0) is 32.2. The Morgan fingerprint density at radius 1 is 1.02 bits per heavy atom. The molecule has 0 bridgehead atoms. The van der Waals surface area contributed by atoms with E-state index >= 15 is 0 Å². The molecule has 3 amide bonds. The molecule has 1 atom stereocenters. The standard InChI is InChI=1S/C33H41N9O3/c1-5-35-29(44)23-11-13-26-21(16-23)9-10-22-17-24(30(45)36-6-2)12-14-27(22)33(26,31-38-40-41-39-31)20-32(3,4)37-19-28(43)42-15-7-8-25(42)18-34/h11-14,16-17,25,37H,5-10,15,19-20H2,1-4H3,(H,35,44)(H,36,45)(H,38,39,40,41)/t25-/m0/s1. The zero-order valence-corrected chi connectivity index (χ0v) is 26.4. The van der Waals surface area contributed by atoms with Gasteiger partial charge < -0.3 is 20.9 Å². The molecule has 0 spiro atoms. The van der Waals surface area contributed by atoms with Gasteiger partial charge in [0, 0.05) is 36.3 Å². The lowest BCUT2D eigenvalue weighted by Crippen LogP contribution is -2.51. The number of hydrogen-bond donors (Lipinski definition) is 4. The van der Waals surface area contributed by atoms with Crippen molar-refractivity contribution in [2.75, 3.05) is 26.2 Å². The fraction of sp³-hybridized carbons (Fsp3) is 0.485. The molecular weight excluding hydrogens is 570 g/mol. The highest BCUT2D eigenvalue weighted by atomic mass is 16.2. The molecule has 1 aliphatic heterocycles. The quantitative estimate of drug-likeness (QED) is 0.271. The molecule has 2 aromatic carbocycles. The molecule has 0 radical (unpaired) electrons. The number of likely N-dealkylation sites (tertiary alicyclic amines) is 1. The minimum Gasteiger partial charge on any atom is -0.352 e. The van der Waals surface area contributed by atoms with E-state index in [9.17, 15) is 19.6 Å². The van der Waals surface area contributed by atoms with Crippen molar-refractivity contribution >= 4 is 17.7 Å². The first kappa shape index (κ1) is 31.8. The van der Waals surface area contributed by atoms with Crippen LogP contribution in [0.1, 0.15) is 95.8 Å². The van der Waals surface area contributed by atoms with E-state index in [1.165, 1.54) is 0 Å². The molecule has 12 heteroatoms. The van der Waals surface area contributed by atoms with E-state index in [4.69, 9.17) is 0 Å². The van der Waals surface area contributed by atoms with Gasteiger partial charge in [-0.1, -0.05) is 17.3 Å². The van der Waals surface area contributed by atoms with Crippen molar-refractivity contribution in [1.29, 1.82) is 5.26 Å². The Balaban J connectivity index is 1.62. The summed E-state index contributed by atoms with van der Waals surface area (Å²) in [5, 5.41) is 34.4. The molecular formula is C33H41N9O3. The lowest BCUT2D eigenvalue weighted by Gasteiger charge is -2.41. The van der Waals surface area contributed by atoms with Crippen LogP contribution in [0.2, 0.25) is 0 Å². The lowest BCUT2D eigenvalue weighted by atomic mass is 9.65. The first-order chi connectivity index (χ1) is 21.6. The first-order valence-corrected chi connectivity index (χ1v) is 15.6. The van der Waals surface area contributed by atoms with Gasteiger partial charge in [-0.2, -0.15) is 10.5 Å². The highest BCUT2D eigenvalue weighted by Gasteiger charge is 2.48. The molecule has 1 aromatic heterocycles. The van der Waals surface area contributed by atoms with Crippen molar-refractivity contribution in [3.8, 4) is 6.07 Å². The van der Waals surface area contributed by atoms with Crippen molar-refractivity contribution in [3.05, 3.63) is 75.6 Å². The number of nitriles is 1. The third-order valence-electron chi connectivity index (χ3n) is 8.87. The minimum atomic E-state index is -0.948. The van der Waals surface area contributed by atoms with Gasteiger partial charge in [0.2, 0.25) is 5.91 Å². The summed E-state index contributed by atoms with van der Waals surface area (Å²) in [6.45, 7) is 9.51. The molecule has 5 rings (SSSR count). The average molecular weight is 612 g/mol.